The van der Waals surface area contributed by atoms with Crippen molar-refractivity contribution in [3.63, 3.8) is 0 Å². The zero-order valence-electron chi connectivity index (χ0n) is 34.5. The molecule has 0 radical (unpaired) electrons. The fraction of sp³-hybridized carbons (Fsp3) is 0.500. The SMILES string of the molecule is Cc1nc(C)c(C)c(C)c1C.Cc1nc(C)c(C)c(C)n1.Cc1nc(C)c(C)nc1C.Cc1nc(C)nc(C)n1.Cc1nnc(C)c(C)c1C. The maximum Gasteiger partial charge on any atom is 0.129 e. The number of hydrogen-bond acceptors (Lipinski definition) is 10. The first-order chi connectivity index (χ1) is 23.1. The Morgan fingerprint density at radius 1 is 0.180 bits per heavy atom. The fourth-order valence-corrected chi connectivity index (χ4v) is 4.63. The first-order valence-corrected chi connectivity index (χ1v) is 17.0. The van der Waals surface area contributed by atoms with E-state index in [4.69, 9.17) is 0 Å². The largest absolute Gasteiger partial charge is 0.258 e. The molecule has 0 N–H and O–H groups in total. The van der Waals surface area contributed by atoms with E-state index in [9.17, 15) is 0 Å². The topological polar surface area (TPSA) is 129 Å². The molecular weight excluding hydrogens is 621 g/mol. The summed E-state index contributed by atoms with van der Waals surface area (Å²) in [4.78, 5) is 33.5. The quantitative estimate of drug-likeness (QED) is 0.157. The molecule has 5 aromatic heterocycles. The van der Waals surface area contributed by atoms with Crippen LogP contribution >= 0.6 is 0 Å². The van der Waals surface area contributed by atoms with Crippen LogP contribution in [-0.2, 0) is 0 Å². The molecule has 0 saturated heterocycles. The van der Waals surface area contributed by atoms with Gasteiger partial charge in [0.05, 0.1) is 34.2 Å². The van der Waals surface area contributed by atoms with Crippen LogP contribution in [0.3, 0.4) is 0 Å². The minimum Gasteiger partial charge on any atom is -0.258 e. The molecule has 0 spiro atoms. The van der Waals surface area contributed by atoms with Crippen molar-refractivity contribution in [1.29, 1.82) is 0 Å². The lowest BCUT2D eigenvalue weighted by molar-refractivity contribution is 0.875. The van der Waals surface area contributed by atoms with E-state index in [2.05, 4.69) is 98.5 Å². The van der Waals surface area contributed by atoms with E-state index in [1.165, 1.54) is 33.4 Å². The molecule has 0 aromatic carbocycles. The molecule has 0 aliphatic heterocycles. The minimum atomic E-state index is 0.792. The molecule has 50 heavy (non-hydrogen) atoms. The average Bonchev–Trinajstić information content (AvgIpc) is 3.02. The van der Waals surface area contributed by atoms with E-state index in [0.717, 1.165) is 80.2 Å². The van der Waals surface area contributed by atoms with Gasteiger partial charge >= 0.3 is 0 Å². The van der Waals surface area contributed by atoms with Crippen molar-refractivity contribution in [2.75, 3.05) is 0 Å². The summed E-state index contributed by atoms with van der Waals surface area (Å²) in [7, 11) is 0. The van der Waals surface area contributed by atoms with Gasteiger partial charge in [-0.1, -0.05) is 0 Å². The van der Waals surface area contributed by atoms with Gasteiger partial charge in [-0.25, -0.2) is 24.9 Å². The van der Waals surface area contributed by atoms with Crippen molar-refractivity contribution < 1.29 is 0 Å². The molecule has 10 heteroatoms. The van der Waals surface area contributed by atoms with E-state index in [-0.39, 0.29) is 0 Å². The van der Waals surface area contributed by atoms with Gasteiger partial charge in [0.2, 0.25) is 0 Å². The summed E-state index contributed by atoms with van der Waals surface area (Å²) in [6.07, 6.45) is 0. The predicted octanol–water partition coefficient (Wildman–Crippen LogP) is 8.55. The summed E-state index contributed by atoms with van der Waals surface area (Å²) in [6, 6.07) is 0. The minimum absolute atomic E-state index is 0.792. The third-order valence-electron chi connectivity index (χ3n) is 8.98. The summed E-state index contributed by atoms with van der Waals surface area (Å²) >= 11 is 0. The molecule has 5 aromatic rings. The zero-order valence-corrected chi connectivity index (χ0v) is 34.5. The van der Waals surface area contributed by atoms with Crippen LogP contribution in [0.25, 0.3) is 0 Å². The van der Waals surface area contributed by atoms with Crippen LogP contribution in [0.1, 0.15) is 114 Å². The number of aryl methyl sites for hydroxylation is 14. The lowest BCUT2D eigenvalue weighted by Gasteiger charge is -2.09. The molecule has 5 rings (SSSR count). The van der Waals surface area contributed by atoms with E-state index in [0.29, 0.717) is 0 Å². The average molecular weight is 681 g/mol. The van der Waals surface area contributed by atoms with E-state index >= 15 is 0 Å². The number of nitrogens with zero attached hydrogens (tertiary/aromatic N) is 10. The normalized spacial score (nSPS) is 10.0. The van der Waals surface area contributed by atoms with E-state index < -0.39 is 0 Å². The predicted molar refractivity (Wildman–Crippen MR) is 205 cm³/mol. The van der Waals surface area contributed by atoms with Gasteiger partial charge in [0.1, 0.15) is 23.3 Å². The van der Waals surface area contributed by atoms with Gasteiger partial charge in [-0.3, -0.25) is 15.0 Å². The van der Waals surface area contributed by atoms with E-state index in [1.54, 1.807) is 0 Å². The Hall–Kier alpha value is -4.60. The van der Waals surface area contributed by atoms with Gasteiger partial charge < -0.3 is 0 Å². The molecule has 0 aliphatic rings. The Kier molecular flexibility index (Phi) is 17.0. The Bertz CT molecular complexity index is 1740. The van der Waals surface area contributed by atoms with Crippen molar-refractivity contribution in [3.8, 4) is 0 Å². The molecule has 0 bridgehead atoms. The van der Waals surface area contributed by atoms with Crippen LogP contribution in [-0.4, -0.2) is 50.1 Å². The summed E-state index contributed by atoms with van der Waals surface area (Å²) in [6.45, 7) is 40.2. The fourth-order valence-electron chi connectivity index (χ4n) is 4.63. The molecule has 270 valence electrons. The highest BCUT2D eigenvalue weighted by molar-refractivity contribution is 5.37. The second kappa shape index (κ2) is 19.6. The first-order valence-electron chi connectivity index (χ1n) is 17.0. The Morgan fingerprint density at radius 3 is 0.700 bits per heavy atom. The molecule has 0 unspecified atom stereocenters. The van der Waals surface area contributed by atoms with Crippen LogP contribution in [0.4, 0.5) is 0 Å². The van der Waals surface area contributed by atoms with Crippen molar-refractivity contribution in [1.82, 2.24) is 50.1 Å². The molecule has 0 amide bonds. The molecule has 0 saturated carbocycles. The second-order valence-electron chi connectivity index (χ2n) is 12.9. The van der Waals surface area contributed by atoms with Gasteiger partial charge in [0.25, 0.3) is 0 Å². The van der Waals surface area contributed by atoms with Crippen LogP contribution in [0, 0.1) is 138 Å². The van der Waals surface area contributed by atoms with Crippen LogP contribution < -0.4 is 0 Å². The smallest absolute Gasteiger partial charge is 0.129 e. The van der Waals surface area contributed by atoms with Crippen molar-refractivity contribution in [2.24, 2.45) is 0 Å². The third kappa shape index (κ3) is 13.4. The van der Waals surface area contributed by atoms with Crippen molar-refractivity contribution >= 4 is 0 Å². The Balaban J connectivity index is 0.000000313. The summed E-state index contributed by atoms with van der Waals surface area (Å²) < 4.78 is 0. The lowest BCUT2D eigenvalue weighted by atomic mass is 10.0. The van der Waals surface area contributed by atoms with Crippen molar-refractivity contribution in [3.05, 3.63) is 114 Å². The maximum atomic E-state index is 4.43. The molecule has 0 atom stereocenters. The monoisotopic (exact) mass is 681 g/mol. The number of rotatable bonds is 0. The van der Waals surface area contributed by atoms with Crippen LogP contribution in [0.15, 0.2) is 0 Å². The van der Waals surface area contributed by atoms with Gasteiger partial charge in [0, 0.05) is 22.8 Å². The van der Waals surface area contributed by atoms with Crippen LogP contribution in [0.2, 0.25) is 0 Å². The Labute approximate surface area is 301 Å². The molecule has 10 nitrogen and oxygen atoms in total. The van der Waals surface area contributed by atoms with Gasteiger partial charge in [-0.15, -0.1) is 0 Å². The third-order valence-corrected chi connectivity index (χ3v) is 8.98. The summed E-state index contributed by atoms with van der Waals surface area (Å²) in [5.41, 5.74) is 18.4. The number of pyridine rings is 1. The van der Waals surface area contributed by atoms with Crippen LogP contribution in [0.5, 0.6) is 0 Å². The zero-order chi connectivity index (χ0) is 38.6. The first kappa shape index (κ1) is 43.4. The molecule has 0 aliphatic carbocycles. The highest BCUT2D eigenvalue weighted by atomic mass is 15.1. The molecule has 5 heterocycles. The molecule has 0 fully saturated rings. The molecular formula is C40H60N10. The maximum absolute atomic E-state index is 4.43. The van der Waals surface area contributed by atoms with Gasteiger partial charge in [0.15, 0.2) is 0 Å². The summed E-state index contributed by atoms with van der Waals surface area (Å²) in [5.74, 6) is 3.24. The summed E-state index contributed by atoms with van der Waals surface area (Å²) in [5, 5.41) is 7.98. The van der Waals surface area contributed by atoms with E-state index in [1.807, 2.05) is 90.0 Å². The highest BCUT2D eigenvalue weighted by Gasteiger charge is 2.04. The van der Waals surface area contributed by atoms with Gasteiger partial charge in [-0.05, 0) is 172 Å². The second-order valence-corrected chi connectivity index (χ2v) is 12.9. The van der Waals surface area contributed by atoms with Gasteiger partial charge in [-0.2, -0.15) is 10.2 Å². The number of aromatic nitrogens is 10. The standard InChI is InChI=1S/C10H15N.3C8H12N2.C6H9N3/c1-6-7(2)9(4)11-10(5)8(6)3;1-5-6(2)10-8(4)7(3)9-5;1-5-6(2)9-8(4)10-7(5)3;1-5-6(2)8(4)10-9-7(5)3;1-4-7-5(2)9-6(3)8-4/h1-5H3;3*1-4H3;1-3H3. The highest BCUT2D eigenvalue weighted by Crippen LogP contribution is 2.17. The number of hydrogen-bond donors (Lipinski definition) is 0. The van der Waals surface area contributed by atoms with Crippen molar-refractivity contribution in [2.45, 2.75) is 138 Å². The lowest BCUT2D eigenvalue weighted by Crippen LogP contribution is -1.98. The Morgan fingerprint density at radius 2 is 0.400 bits per heavy atom.